The van der Waals surface area contributed by atoms with Crippen LogP contribution in [-0.4, -0.2) is 64.1 Å². The number of thiophene rings is 1. The van der Waals surface area contributed by atoms with Gasteiger partial charge in [-0.1, -0.05) is 42.5 Å². The van der Waals surface area contributed by atoms with Gasteiger partial charge in [0.05, 0.1) is 10.5 Å². The van der Waals surface area contributed by atoms with Gasteiger partial charge in [-0.3, -0.25) is 14.9 Å². The number of nitro benzene ring substituents is 1. The van der Waals surface area contributed by atoms with Gasteiger partial charge in [-0.2, -0.15) is 11.3 Å². The third-order valence-corrected chi connectivity index (χ3v) is 8.21. The number of carbonyl (C=O) groups excluding carboxylic acids is 1. The highest BCUT2D eigenvalue weighted by atomic mass is 32.1. The molecule has 1 amide bonds. The zero-order valence-corrected chi connectivity index (χ0v) is 22.6. The Bertz CT molecular complexity index is 1110. The fraction of sp³-hybridized carbons (Fsp3) is 0.433. The van der Waals surface area contributed by atoms with Crippen molar-refractivity contribution in [2.45, 2.75) is 44.1 Å². The number of likely N-dealkylation sites (tertiary alicyclic amines) is 2. The molecule has 5 rings (SSSR count). The van der Waals surface area contributed by atoms with Gasteiger partial charge in [-0.05, 0) is 72.9 Å². The van der Waals surface area contributed by atoms with Crippen LogP contribution in [0.3, 0.4) is 0 Å². The summed E-state index contributed by atoms with van der Waals surface area (Å²) in [4.78, 5) is 27.4. The van der Waals surface area contributed by atoms with Gasteiger partial charge in [0, 0.05) is 50.4 Å². The van der Waals surface area contributed by atoms with Crippen molar-refractivity contribution in [1.29, 1.82) is 0 Å². The monoisotopic (exact) mass is 535 g/mol. The van der Waals surface area contributed by atoms with E-state index in [2.05, 4.69) is 29.2 Å². The van der Waals surface area contributed by atoms with Crippen molar-refractivity contribution in [3.63, 3.8) is 0 Å². The van der Waals surface area contributed by atoms with Crippen LogP contribution in [0.4, 0.5) is 5.69 Å². The number of aliphatic hydroxyl groups is 1. The van der Waals surface area contributed by atoms with E-state index < -0.39 is 10.5 Å². The molecular weight excluding hydrogens is 498 g/mol. The third kappa shape index (κ3) is 8.21. The molecule has 3 aromatic rings. The van der Waals surface area contributed by atoms with E-state index in [0.29, 0.717) is 18.0 Å². The van der Waals surface area contributed by atoms with E-state index in [1.165, 1.54) is 29.8 Å². The number of rotatable bonds is 8. The number of benzene rings is 2. The number of nitrogens with zero attached hydrogens (tertiary/aromatic N) is 3. The lowest BCUT2D eigenvalue weighted by Gasteiger charge is -2.39. The van der Waals surface area contributed by atoms with Gasteiger partial charge < -0.3 is 14.9 Å². The molecule has 2 aliphatic heterocycles. The smallest absolute Gasteiger partial charge is 0.269 e. The van der Waals surface area contributed by atoms with Gasteiger partial charge in [-0.15, -0.1) is 0 Å². The molecule has 0 radical (unpaired) electrons. The normalized spacial score (nSPS) is 19.0. The lowest BCUT2D eigenvalue weighted by molar-refractivity contribution is -0.384. The van der Waals surface area contributed by atoms with Crippen molar-refractivity contribution in [2.75, 3.05) is 32.7 Å². The van der Waals surface area contributed by atoms with E-state index in [1.807, 2.05) is 33.9 Å². The quantitative estimate of drug-likeness (QED) is 0.297. The van der Waals surface area contributed by atoms with Crippen LogP contribution in [0.25, 0.3) is 0 Å². The Labute approximate surface area is 228 Å². The van der Waals surface area contributed by atoms with Gasteiger partial charge >= 0.3 is 0 Å². The molecule has 1 atom stereocenters. The Kier molecular flexibility index (Phi) is 10.0. The molecule has 1 unspecified atom stereocenters. The fourth-order valence-corrected chi connectivity index (χ4v) is 5.79. The highest BCUT2D eigenvalue weighted by Gasteiger charge is 2.34. The minimum absolute atomic E-state index is 0.00373. The SMILES string of the molecule is O=C(c1ccc([N+](=O)[O-])cc1)N1CCC(CN2CCC(O)(CCCc3ccccc3)CC2)C1.c1ccsc1. The van der Waals surface area contributed by atoms with Crippen molar-refractivity contribution in [3.8, 4) is 0 Å². The predicted molar refractivity (Wildman–Crippen MR) is 151 cm³/mol. The minimum atomic E-state index is -0.557. The van der Waals surface area contributed by atoms with Crippen LogP contribution in [0, 0.1) is 16.0 Å². The van der Waals surface area contributed by atoms with Crippen LogP contribution < -0.4 is 0 Å². The molecule has 202 valence electrons. The van der Waals surface area contributed by atoms with Crippen molar-refractivity contribution in [2.24, 2.45) is 5.92 Å². The van der Waals surface area contributed by atoms with Gasteiger partial charge in [-0.25, -0.2) is 0 Å². The average Bonchev–Trinajstić information content (AvgIpc) is 3.66. The van der Waals surface area contributed by atoms with Gasteiger partial charge in [0.2, 0.25) is 0 Å². The fourth-order valence-electron chi connectivity index (χ4n) is 5.33. The van der Waals surface area contributed by atoms with E-state index in [0.717, 1.165) is 64.7 Å². The molecule has 0 saturated carbocycles. The van der Waals surface area contributed by atoms with Gasteiger partial charge in [0.15, 0.2) is 0 Å². The van der Waals surface area contributed by atoms with E-state index >= 15 is 0 Å². The summed E-state index contributed by atoms with van der Waals surface area (Å²) in [7, 11) is 0. The largest absolute Gasteiger partial charge is 0.390 e. The summed E-state index contributed by atoms with van der Waals surface area (Å²) in [6, 6.07) is 20.3. The molecule has 0 spiro atoms. The lowest BCUT2D eigenvalue weighted by atomic mass is 9.85. The van der Waals surface area contributed by atoms with Crippen LogP contribution >= 0.6 is 11.3 Å². The highest BCUT2D eigenvalue weighted by molar-refractivity contribution is 7.07. The number of amides is 1. The van der Waals surface area contributed by atoms with Crippen molar-refractivity contribution >= 4 is 22.9 Å². The van der Waals surface area contributed by atoms with Crippen LogP contribution in [0.2, 0.25) is 0 Å². The molecule has 0 aliphatic carbocycles. The highest BCUT2D eigenvalue weighted by Crippen LogP contribution is 2.29. The second kappa shape index (κ2) is 13.6. The topological polar surface area (TPSA) is 86.9 Å². The first kappa shape index (κ1) is 28.0. The zero-order valence-electron chi connectivity index (χ0n) is 21.8. The van der Waals surface area contributed by atoms with E-state index in [4.69, 9.17) is 0 Å². The number of carbonyl (C=O) groups is 1. The maximum Gasteiger partial charge on any atom is 0.269 e. The van der Waals surface area contributed by atoms with E-state index in [-0.39, 0.29) is 11.6 Å². The Balaban J connectivity index is 0.000000603. The third-order valence-electron chi connectivity index (χ3n) is 7.58. The number of aryl methyl sites for hydroxylation is 1. The van der Waals surface area contributed by atoms with Gasteiger partial charge in [0.1, 0.15) is 0 Å². The Morgan fingerprint density at radius 2 is 1.68 bits per heavy atom. The predicted octanol–water partition coefficient (Wildman–Crippen LogP) is 5.65. The Morgan fingerprint density at radius 3 is 2.29 bits per heavy atom. The molecule has 2 aliphatic rings. The van der Waals surface area contributed by atoms with Crippen LogP contribution in [-0.2, 0) is 6.42 Å². The molecule has 7 nitrogen and oxygen atoms in total. The van der Waals surface area contributed by atoms with Crippen LogP contribution in [0.15, 0.2) is 77.5 Å². The molecule has 2 saturated heterocycles. The molecule has 2 aromatic carbocycles. The number of hydrogen-bond donors (Lipinski definition) is 1. The number of piperidine rings is 1. The van der Waals surface area contributed by atoms with Crippen molar-refractivity contribution in [1.82, 2.24) is 9.80 Å². The van der Waals surface area contributed by atoms with E-state index in [1.54, 1.807) is 11.3 Å². The lowest BCUT2D eigenvalue weighted by Crippen LogP contribution is -2.46. The molecule has 2 fully saturated rings. The summed E-state index contributed by atoms with van der Waals surface area (Å²) >= 11 is 1.71. The first-order valence-corrected chi connectivity index (χ1v) is 14.4. The second-order valence-corrected chi connectivity index (χ2v) is 11.2. The molecular formula is C30H37N3O4S. The summed E-state index contributed by atoms with van der Waals surface area (Å²) in [5.41, 5.74) is 1.27. The molecule has 1 N–H and O–H groups in total. The standard InChI is InChI=1S/C26H33N3O4.C4H4S/c30-25(23-8-10-24(11-9-23)29(32)33)28-16-12-22(20-28)19-27-17-14-26(31,15-18-27)13-4-7-21-5-2-1-3-6-21;1-2-4-5-3-1/h1-3,5-6,8-11,22,31H,4,7,12-20H2;1-4H. The molecule has 38 heavy (non-hydrogen) atoms. The maximum absolute atomic E-state index is 12.8. The number of non-ortho nitro benzene ring substituents is 1. The Morgan fingerprint density at radius 1 is 1.00 bits per heavy atom. The maximum atomic E-state index is 12.8. The molecule has 1 aromatic heterocycles. The summed E-state index contributed by atoms with van der Waals surface area (Å²) in [5, 5.41) is 25.9. The summed E-state index contributed by atoms with van der Waals surface area (Å²) < 4.78 is 0. The molecule has 0 bridgehead atoms. The Hall–Kier alpha value is -3.07. The number of hydrogen-bond acceptors (Lipinski definition) is 6. The summed E-state index contributed by atoms with van der Waals surface area (Å²) in [6.07, 6.45) is 5.43. The van der Waals surface area contributed by atoms with Crippen LogP contribution in [0.5, 0.6) is 0 Å². The van der Waals surface area contributed by atoms with Crippen molar-refractivity contribution < 1.29 is 14.8 Å². The summed E-state index contributed by atoms with van der Waals surface area (Å²) in [5.74, 6) is 0.370. The van der Waals surface area contributed by atoms with Gasteiger partial charge in [0.25, 0.3) is 11.6 Å². The minimum Gasteiger partial charge on any atom is -0.390 e. The summed E-state index contributed by atoms with van der Waals surface area (Å²) in [6.45, 7) is 4.18. The average molecular weight is 536 g/mol. The van der Waals surface area contributed by atoms with E-state index in [9.17, 15) is 20.0 Å². The first-order valence-electron chi connectivity index (χ1n) is 13.4. The molecule has 8 heteroatoms. The zero-order chi connectivity index (χ0) is 26.8. The van der Waals surface area contributed by atoms with Crippen molar-refractivity contribution in [3.05, 3.63) is 98.7 Å². The van der Waals surface area contributed by atoms with Crippen LogP contribution in [0.1, 0.15) is 48.0 Å². The number of nitro groups is 1. The first-order chi connectivity index (χ1) is 18.4. The second-order valence-electron chi connectivity index (χ2n) is 10.4. The molecule has 3 heterocycles.